The Bertz CT molecular complexity index is 1700. The van der Waals surface area contributed by atoms with Gasteiger partial charge in [0.05, 0.1) is 27.5 Å². The van der Waals surface area contributed by atoms with E-state index >= 15 is 0 Å². The topological polar surface area (TPSA) is 111 Å². The third-order valence-corrected chi connectivity index (χ3v) is 6.89. The number of fused-ring (bicyclic) bond motifs is 1. The van der Waals surface area contributed by atoms with Crippen molar-refractivity contribution in [1.29, 1.82) is 0 Å². The summed E-state index contributed by atoms with van der Waals surface area (Å²) < 4.78 is 67.4. The zero-order chi connectivity index (χ0) is 25.8. The smallest absolute Gasteiger partial charge is 0.276 e. The van der Waals surface area contributed by atoms with Crippen LogP contribution in [0.2, 0.25) is 0 Å². The zero-order valence-corrected chi connectivity index (χ0v) is 20.2. The summed E-state index contributed by atoms with van der Waals surface area (Å²) in [5.41, 5.74) is 3.69. The van der Waals surface area contributed by atoms with Gasteiger partial charge >= 0.3 is 6.18 Å². The fourth-order valence-corrected chi connectivity index (χ4v) is 4.87. The molecule has 1 N–H and O–H groups in total. The molecular formula is C23H20F3N7O2S. The van der Waals surface area contributed by atoms with Gasteiger partial charge in [-0.15, -0.1) is 0 Å². The summed E-state index contributed by atoms with van der Waals surface area (Å²) in [7, 11) is -1.74. The van der Waals surface area contributed by atoms with Crippen molar-refractivity contribution in [2.45, 2.75) is 24.5 Å². The molecule has 0 radical (unpaired) electrons. The molecule has 0 saturated carbocycles. The van der Waals surface area contributed by atoms with E-state index in [2.05, 4.69) is 20.4 Å². The van der Waals surface area contributed by atoms with E-state index in [0.717, 1.165) is 10.9 Å². The predicted octanol–water partition coefficient (Wildman–Crippen LogP) is 4.16. The lowest BCUT2D eigenvalue weighted by Gasteiger charge is -2.14. The van der Waals surface area contributed by atoms with E-state index in [4.69, 9.17) is 4.98 Å². The van der Waals surface area contributed by atoms with Gasteiger partial charge in [-0.05, 0) is 48.4 Å². The number of pyridine rings is 1. The average Bonchev–Trinajstić information content (AvgIpc) is 3.52. The molecule has 4 aromatic heterocycles. The summed E-state index contributed by atoms with van der Waals surface area (Å²) in [4.78, 5) is 4.82. The third kappa shape index (κ3) is 4.26. The molecule has 0 fully saturated rings. The van der Waals surface area contributed by atoms with Crippen LogP contribution in [0.1, 0.15) is 5.56 Å². The van der Waals surface area contributed by atoms with E-state index in [9.17, 15) is 21.6 Å². The highest BCUT2D eigenvalue weighted by molar-refractivity contribution is 7.90. The van der Waals surface area contributed by atoms with Gasteiger partial charge in [0.2, 0.25) is 0 Å². The van der Waals surface area contributed by atoms with E-state index in [0.29, 0.717) is 33.8 Å². The first-order valence-corrected chi connectivity index (χ1v) is 12.6. The van der Waals surface area contributed by atoms with E-state index in [-0.39, 0.29) is 21.6 Å². The number of sulfone groups is 1. The van der Waals surface area contributed by atoms with Gasteiger partial charge < -0.3 is 0 Å². The van der Waals surface area contributed by atoms with Crippen LogP contribution in [-0.2, 0) is 23.4 Å². The van der Waals surface area contributed by atoms with E-state index in [1.54, 1.807) is 49.1 Å². The van der Waals surface area contributed by atoms with Gasteiger partial charge in [0.15, 0.2) is 9.84 Å². The van der Waals surface area contributed by atoms with Crippen molar-refractivity contribution in [3.05, 3.63) is 54.4 Å². The molecule has 1 aromatic carbocycles. The second kappa shape index (κ2) is 8.29. The van der Waals surface area contributed by atoms with Crippen LogP contribution in [-0.4, -0.2) is 55.6 Å². The molecule has 9 nitrogen and oxygen atoms in total. The Labute approximate surface area is 203 Å². The number of alkyl halides is 3. The van der Waals surface area contributed by atoms with Gasteiger partial charge in [0.1, 0.15) is 17.8 Å². The second-order valence-electron chi connectivity index (χ2n) is 8.43. The molecular weight excluding hydrogens is 495 g/mol. The molecule has 13 heteroatoms. The number of nitrogens with zero attached hydrogens (tertiary/aromatic N) is 6. The minimum Gasteiger partial charge on any atom is -0.276 e. The number of hydrogen-bond donors (Lipinski definition) is 1. The molecule has 0 aliphatic carbocycles. The highest BCUT2D eigenvalue weighted by Crippen LogP contribution is 2.38. The van der Waals surface area contributed by atoms with E-state index in [1.165, 1.54) is 18.3 Å². The molecule has 0 unspecified atom stereocenters. The van der Waals surface area contributed by atoms with E-state index < -0.39 is 22.6 Å². The lowest BCUT2D eigenvalue weighted by atomic mass is 9.98. The first-order valence-electron chi connectivity index (χ1n) is 10.7. The third-order valence-electron chi connectivity index (χ3n) is 5.78. The SMILES string of the molecule is Cc1cc(S(C)(=O)=O)ccc1-c1cc(-c2ccnn2C)nc2c(-c3ccn[nH]3)nn(CC(F)(F)F)c12. The number of nitrogens with one attached hydrogen (secondary N) is 1. The van der Waals surface area contributed by atoms with Gasteiger partial charge in [-0.25, -0.2) is 13.4 Å². The molecule has 0 atom stereocenters. The molecule has 0 bridgehead atoms. The second-order valence-corrected chi connectivity index (χ2v) is 10.4. The first-order chi connectivity index (χ1) is 16.9. The van der Waals surface area contributed by atoms with Crippen molar-refractivity contribution in [3.63, 3.8) is 0 Å². The fraction of sp³-hybridized carbons (Fsp3) is 0.217. The molecule has 5 aromatic rings. The largest absolute Gasteiger partial charge is 0.408 e. The van der Waals surface area contributed by atoms with Gasteiger partial charge in [0, 0.05) is 31.3 Å². The monoisotopic (exact) mass is 515 g/mol. The maximum absolute atomic E-state index is 13.6. The quantitative estimate of drug-likeness (QED) is 0.376. The molecule has 0 saturated heterocycles. The van der Waals surface area contributed by atoms with Crippen LogP contribution in [0.4, 0.5) is 13.2 Å². The van der Waals surface area contributed by atoms with Crippen LogP contribution in [0.15, 0.2) is 53.7 Å². The molecule has 4 heterocycles. The average molecular weight is 516 g/mol. The van der Waals surface area contributed by atoms with Crippen LogP contribution in [0.25, 0.3) is 44.9 Å². The standard InChI is InChI=1S/C23H20F3N7O2S/c1-13-10-14(36(3,34)35)4-5-15(13)16-11-18(19-7-9-28-32(19)2)29-21-20(17-6-8-27-30-17)31-33(22(16)21)12-23(24,25)26/h4-11H,12H2,1-3H3,(H,27,30). The zero-order valence-electron chi connectivity index (χ0n) is 19.4. The minimum absolute atomic E-state index is 0.114. The molecule has 0 aliphatic rings. The fourth-order valence-electron chi connectivity index (χ4n) is 4.17. The first kappa shape index (κ1) is 23.7. The number of aromatic amines is 1. The van der Waals surface area contributed by atoms with Crippen molar-refractivity contribution in [2.24, 2.45) is 7.05 Å². The minimum atomic E-state index is -4.54. The van der Waals surface area contributed by atoms with Gasteiger partial charge in [-0.3, -0.25) is 14.5 Å². The number of aromatic nitrogens is 7. The number of benzene rings is 1. The molecule has 186 valence electrons. The lowest BCUT2D eigenvalue weighted by Crippen LogP contribution is -2.19. The molecule has 0 aliphatic heterocycles. The highest BCUT2D eigenvalue weighted by Gasteiger charge is 2.32. The summed E-state index contributed by atoms with van der Waals surface area (Å²) in [5.74, 6) is 0. The summed E-state index contributed by atoms with van der Waals surface area (Å²) >= 11 is 0. The molecule has 36 heavy (non-hydrogen) atoms. The summed E-state index contributed by atoms with van der Waals surface area (Å²) in [6.45, 7) is 0.373. The summed E-state index contributed by atoms with van der Waals surface area (Å²) in [5, 5.41) is 15.1. The Morgan fingerprint density at radius 1 is 1.06 bits per heavy atom. The Balaban J connectivity index is 1.89. The number of rotatable bonds is 5. The van der Waals surface area contributed by atoms with Crippen LogP contribution in [0.5, 0.6) is 0 Å². The number of hydrogen-bond acceptors (Lipinski definition) is 6. The highest BCUT2D eigenvalue weighted by atomic mass is 32.2. The van der Waals surface area contributed by atoms with Gasteiger partial charge in [-0.2, -0.15) is 28.5 Å². The van der Waals surface area contributed by atoms with Crippen molar-refractivity contribution < 1.29 is 21.6 Å². The van der Waals surface area contributed by atoms with Crippen molar-refractivity contribution in [2.75, 3.05) is 6.26 Å². The van der Waals surface area contributed by atoms with Gasteiger partial charge in [-0.1, -0.05) is 6.07 Å². The number of aryl methyl sites for hydroxylation is 2. The maximum atomic E-state index is 13.6. The Morgan fingerprint density at radius 2 is 1.83 bits per heavy atom. The van der Waals surface area contributed by atoms with Crippen molar-refractivity contribution >= 4 is 20.9 Å². The predicted molar refractivity (Wildman–Crippen MR) is 127 cm³/mol. The normalized spacial score (nSPS) is 12.5. The Morgan fingerprint density at radius 3 is 2.42 bits per heavy atom. The van der Waals surface area contributed by atoms with Crippen molar-refractivity contribution in [3.8, 4) is 33.9 Å². The van der Waals surface area contributed by atoms with Crippen LogP contribution >= 0.6 is 0 Å². The summed E-state index contributed by atoms with van der Waals surface area (Å²) in [6.07, 6.45) is -0.376. The van der Waals surface area contributed by atoms with Crippen molar-refractivity contribution in [1.82, 2.24) is 34.7 Å². The van der Waals surface area contributed by atoms with E-state index in [1.807, 2.05) is 0 Å². The van der Waals surface area contributed by atoms with Crippen LogP contribution < -0.4 is 0 Å². The lowest BCUT2D eigenvalue weighted by molar-refractivity contribution is -0.141. The van der Waals surface area contributed by atoms with Gasteiger partial charge in [0.25, 0.3) is 0 Å². The Kier molecular flexibility index (Phi) is 5.47. The summed E-state index contributed by atoms with van der Waals surface area (Å²) in [6, 6.07) is 9.55. The molecule has 0 spiro atoms. The number of H-pyrrole nitrogens is 1. The Hall–Kier alpha value is -4.00. The maximum Gasteiger partial charge on any atom is 0.408 e. The molecule has 5 rings (SSSR count). The van der Waals surface area contributed by atoms with Crippen LogP contribution in [0.3, 0.4) is 0 Å². The molecule has 0 amide bonds. The van der Waals surface area contributed by atoms with Crippen LogP contribution in [0, 0.1) is 6.92 Å². The number of halogens is 3.